The van der Waals surface area contributed by atoms with Crippen LogP contribution in [0.25, 0.3) is 0 Å². The largest absolute Gasteiger partial charge is 0.374 e. The van der Waals surface area contributed by atoms with E-state index in [0.717, 1.165) is 0 Å². The molecule has 0 aromatic carbocycles. The molecule has 0 aliphatic heterocycles. The Bertz CT molecular complexity index is 205. The van der Waals surface area contributed by atoms with Gasteiger partial charge in [0, 0.05) is 5.92 Å². The van der Waals surface area contributed by atoms with Crippen molar-refractivity contribution in [2.24, 2.45) is 16.7 Å². The smallest absolute Gasteiger partial charge is 0.178 e. The molecule has 0 atom stereocenters. The Kier molecular flexibility index (Phi) is 0.762. The summed E-state index contributed by atoms with van der Waals surface area (Å²) in [6.45, 7) is 0. The quantitative estimate of drug-likeness (QED) is 0.391. The van der Waals surface area contributed by atoms with Crippen molar-refractivity contribution in [1.82, 2.24) is 0 Å². The zero-order valence-electron chi connectivity index (χ0n) is 6.80. The van der Waals surface area contributed by atoms with Crippen molar-refractivity contribution >= 4 is 7.85 Å². The van der Waals surface area contributed by atoms with Crippen molar-refractivity contribution in [3.05, 3.63) is 0 Å². The van der Waals surface area contributed by atoms with E-state index in [2.05, 4.69) is 0 Å². The van der Waals surface area contributed by atoms with Gasteiger partial charge in [0.1, 0.15) is 5.69 Å². The summed E-state index contributed by atoms with van der Waals surface area (Å²) in [7, 11) is 1.55. The molecule has 0 saturated heterocycles. The van der Waals surface area contributed by atoms with Crippen LogP contribution in [-0.4, -0.2) is 23.7 Å². The fourth-order valence-electron chi connectivity index (χ4n) is 3.63. The molecule has 0 aromatic heterocycles. The molecule has 0 radical (unpaired) electrons. The Hall–Kier alpha value is -0.0151. The average Bonchev–Trinajstić information content (AvgIpc) is 2.58. The van der Waals surface area contributed by atoms with Crippen LogP contribution in [0.15, 0.2) is 0 Å². The van der Waals surface area contributed by atoms with Gasteiger partial charge in [-0.15, -0.1) is 0 Å². The lowest BCUT2D eigenvalue weighted by Gasteiger charge is -2.15. The predicted octanol–water partition coefficient (Wildman–Crippen LogP) is -0.552. The maximum atomic E-state index is 9.46. The first-order valence-corrected chi connectivity index (χ1v) is 4.48. The Morgan fingerprint density at radius 2 is 1.45 bits per heavy atom. The van der Waals surface area contributed by atoms with E-state index in [-0.39, 0.29) is 5.92 Å². The highest BCUT2D eigenvalue weighted by atomic mass is 16.5. The zero-order chi connectivity index (χ0) is 7.91. The molecule has 60 valence electrons. The molecule has 3 fully saturated rings. The highest BCUT2D eigenvalue weighted by Gasteiger charge is 2.89. The van der Waals surface area contributed by atoms with E-state index in [1.807, 2.05) is 0 Å². The van der Waals surface area contributed by atoms with Crippen LogP contribution in [0, 0.1) is 16.7 Å². The second kappa shape index (κ2) is 1.29. The van der Waals surface area contributed by atoms with Crippen molar-refractivity contribution in [2.75, 3.05) is 0 Å². The third-order valence-electron chi connectivity index (χ3n) is 4.14. The Labute approximate surface area is 67.0 Å². The Morgan fingerprint density at radius 1 is 1.09 bits per heavy atom. The second-order valence-electron chi connectivity index (χ2n) is 4.84. The van der Waals surface area contributed by atoms with Crippen molar-refractivity contribution in [1.29, 1.82) is 0 Å². The number of fused-ring (bicyclic) bond motifs is 1. The molecule has 3 aliphatic rings. The van der Waals surface area contributed by atoms with Gasteiger partial charge in [0.15, 0.2) is 7.85 Å². The third kappa shape index (κ3) is 0.520. The van der Waals surface area contributed by atoms with Crippen molar-refractivity contribution in [3.8, 4) is 0 Å². The maximum Gasteiger partial charge on any atom is 0.178 e. The van der Waals surface area contributed by atoms with Crippen LogP contribution in [0.5, 0.6) is 0 Å². The van der Waals surface area contributed by atoms with Crippen LogP contribution in [0.1, 0.15) is 25.7 Å². The van der Waals surface area contributed by atoms with Crippen molar-refractivity contribution in [2.45, 2.75) is 31.4 Å². The summed E-state index contributed by atoms with van der Waals surface area (Å²) < 4.78 is 0. The SMILES string of the molecule is BC(O)(O)C1C2(CC2)C12CC2. The highest BCUT2D eigenvalue weighted by molar-refractivity contribution is 6.13. The van der Waals surface area contributed by atoms with Crippen molar-refractivity contribution in [3.63, 3.8) is 0 Å². The first kappa shape index (κ1) is 6.50. The van der Waals surface area contributed by atoms with E-state index in [9.17, 15) is 10.2 Å². The fraction of sp³-hybridized carbons (Fsp3) is 1.00. The molecule has 0 bridgehead atoms. The summed E-state index contributed by atoms with van der Waals surface area (Å²) in [5.74, 6) is 0.211. The lowest BCUT2D eigenvalue weighted by molar-refractivity contribution is -0.110. The Balaban J connectivity index is 1.93. The van der Waals surface area contributed by atoms with Gasteiger partial charge >= 0.3 is 0 Å². The summed E-state index contributed by atoms with van der Waals surface area (Å²) in [6.07, 6.45) is 4.98. The van der Waals surface area contributed by atoms with E-state index in [1.165, 1.54) is 25.7 Å². The van der Waals surface area contributed by atoms with Gasteiger partial charge < -0.3 is 10.2 Å². The van der Waals surface area contributed by atoms with Crippen molar-refractivity contribution < 1.29 is 10.2 Å². The van der Waals surface area contributed by atoms with E-state index in [0.29, 0.717) is 10.8 Å². The summed E-state index contributed by atoms with van der Waals surface area (Å²) in [4.78, 5) is 0. The molecule has 2 nitrogen and oxygen atoms in total. The zero-order valence-corrected chi connectivity index (χ0v) is 6.80. The van der Waals surface area contributed by atoms with Crippen LogP contribution >= 0.6 is 0 Å². The molecule has 3 rings (SSSR count). The fourth-order valence-corrected chi connectivity index (χ4v) is 3.63. The molecule has 11 heavy (non-hydrogen) atoms. The maximum absolute atomic E-state index is 9.46. The normalized spacial score (nSPS) is 41.1. The first-order chi connectivity index (χ1) is 5.03. The minimum atomic E-state index is -1.40. The molecule has 0 unspecified atom stereocenters. The van der Waals surface area contributed by atoms with Gasteiger partial charge in [-0.1, -0.05) is 0 Å². The Morgan fingerprint density at radius 3 is 1.55 bits per heavy atom. The van der Waals surface area contributed by atoms with Crippen LogP contribution in [0.3, 0.4) is 0 Å². The lowest BCUT2D eigenvalue weighted by atomic mass is 9.87. The monoisotopic (exact) mass is 152 g/mol. The molecule has 0 amide bonds. The van der Waals surface area contributed by atoms with Gasteiger partial charge in [0.25, 0.3) is 0 Å². The molecule has 0 aromatic rings. The van der Waals surface area contributed by atoms with Crippen LogP contribution in [-0.2, 0) is 0 Å². The lowest BCUT2D eigenvalue weighted by Crippen LogP contribution is -2.32. The predicted molar refractivity (Wildman–Crippen MR) is 42.5 cm³/mol. The standard InChI is InChI=1S/C8H13BO2/c9-8(10,11)5-6(1-2-6)7(5)3-4-7/h5,10-11H,1-4,9H2. The molecule has 3 heteroatoms. The first-order valence-electron chi connectivity index (χ1n) is 4.48. The van der Waals surface area contributed by atoms with Crippen LogP contribution in [0.2, 0.25) is 0 Å². The molecule has 2 N–H and O–H groups in total. The third-order valence-corrected chi connectivity index (χ3v) is 4.14. The molecular weight excluding hydrogens is 139 g/mol. The molecule has 0 heterocycles. The topological polar surface area (TPSA) is 40.5 Å². The number of hydrogen-bond acceptors (Lipinski definition) is 2. The summed E-state index contributed by atoms with van der Waals surface area (Å²) >= 11 is 0. The highest BCUT2D eigenvalue weighted by Crippen LogP contribution is 2.93. The van der Waals surface area contributed by atoms with Gasteiger partial charge in [0.05, 0.1) is 0 Å². The van der Waals surface area contributed by atoms with Gasteiger partial charge in [-0.3, -0.25) is 0 Å². The van der Waals surface area contributed by atoms with Crippen LogP contribution < -0.4 is 0 Å². The second-order valence-corrected chi connectivity index (χ2v) is 4.84. The van der Waals surface area contributed by atoms with E-state index in [4.69, 9.17) is 0 Å². The molecule has 2 spiro atoms. The van der Waals surface area contributed by atoms with Gasteiger partial charge in [-0.2, -0.15) is 0 Å². The molecular formula is C8H13BO2. The van der Waals surface area contributed by atoms with Gasteiger partial charge in [-0.05, 0) is 36.5 Å². The van der Waals surface area contributed by atoms with Gasteiger partial charge in [-0.25, -0.2) is 0 Å². The van der Waals surface area contributed by atoms with Crippen LogP contribution in [0.4, 0.5) is 0 Å². The molecule has 3 saturated carbocycles. The summed E-state index contributed by atoms with van der Waals surface area (Å²) in [5.41, 5.74) is -0.580. The minimum Gasteiger partial charge on any atom is -0.374 e. The minimum absolute atomic E-state index is 0.211. The number of hydrogen-bond donors (Lipinski definition) is 2. The number of aliphatic hydroxyl groups is 2. The van der Waals surface area contributed by atoms with Gasteiger partial charge in [0.2, 0.25) is 0 Å². The van der Waals surface area contributed by atoms with E-state index in [1.54, 1.807) is 7.85 Å². The average molecular weight is 152 g/mol. The summed E-state index contributed by atoms with van der Waals surface area (Å²) in [5, 5.41) is 18.9. The molecule has 3 aliphatic carbocycles. The summed E-state index contributed by atoms with van der Waals surface area (Å²) in [6, 6.07) is 0. The van der Waals surface area contributed by atoms with E-state index >= 15 is 0 Å². The van der Waals surface area contributed by atoms with E-state index < -0.39 is 5.69 Å². The number of rotatable bonds is 1.